The number of carboxylic acid groups (broad SMARTS) is 1. The second-order valence-corrected chi connectivity index (χ2v) is 4.52. The zero-order valence-corrected chi connectivity index (χ0v) is 11.7. The highest BCUT2D eigenvalue weighted by Gasteiger charge is 2.05. The summed E-state index contributed by atoms with van der Waals surface area (Å²) in [5.74, 6) is 0.303. The van der Waals surface area contributed by atoms with Crippen LogP contribution in [0.5, 0.6) is 5.75 Å². The van der Waals surface area contributed by atoms with Crippen LogP contribution in [-0.4, -0.2) is 28.2 Å². The first kappa shape index (κ1) is 13.8. The smallest absolute Gasteiger partial charge is 0.354 e. The van der Waals surface area contributed by atoms with Crippen LogP contribution in [0, 0.1) is 0 Å². The summed E-state index contributed by atoms with van der Waals surface area (Å²) in [6, 6.07) is 8.79. The van der Waals surface area contributed by atoms with Gasteiger partial charge in [-0.25, -0.2) is 14.8 Å². The topological polar surface area (TPSA) is 85.5 Å². The first-order valence-corrected chi connectivity index (χ1v) is 6.47. The third-order valence-electron chi connectivity index (χ3n) is 3.07. The Bertz CT molecular complexity index is 867. The number of carboxylic acids is 1. The van der Waals surface area contributed by atoms with Crippen molar-refractivity contribution >= 4 is 29.1 Å². The molecule has 2 heterocycles. The SMILES string of the molecule is COc1ccc2oc(C=Cc3cc(C(=O)O)ncn3)cc2c1. The van der Waals surface area contributed by atoms with E-state index in [2.05, 4.69) is 9.97 Å². The van der Waals surface area contributed by atoms with E-state index in [-0.39, 0.29) is 5.69 Å². The van der Waals surface area contributed by atoms with Crippen LogP contribution in [-0.2, 0) is 0 Å². The molecule has 6 heteroatoms. The number of carbonyl (C=O) groups is 1. The Balaban J connectivity index is 1.89. The van der Waals surface area contributed by atoms with Crippen molar-refractivity contribution in [3.8, 4) is 5.75 Å². The van der Waals surface area contributed by atoms with Crippen molar-refractivity contribution in [1.82, 2.24) is 9.97 Å². The van der Waals surface area contributed by atoms with E-state index in [4.69, 9.17) is 14.3 Å². The largest absolute Gasteiger partial charge is 0.497 e. The molecule has 1 aromatic carbocycles. The Morgan fingerprint density at radius 1 is 1.23 bits per heavy atom. The van der Waals surface area contributed by atoms with E-state index < -0.39 is 5.97 Å². The Kier molecular flexibility index (Phi) is 3.57. The number of fused-ring (bicyclic) bond motifs is 1. The van der Waals surface area contributed by atoms with Crippen molar-refractivity contribution in [3.63, 3.8) is 0 Å². The van der Waals surface area contributed by atoms with Crippen LogP contribution in [0.4, 0.5) is 0 Å². The van der Waals surface area contributed by atoms with Gasteiger partial charge >= 0.3 is 5.97 Å². The van der Waals surface area contributed by atoms with Gasteiger partial charge in [-0.05, 0) is 42.5 Å². The molecule has 0 saturated carbocycles. The van der Waals surface area contributed by atoms with Crippen molar-refractivity contribution < 1.29 is 19.1 Å². The number of hydrogen-bond acceptors (Lipinski definition) is 5. The summed E-state index contributed by atoms with van der Waals surface area (Å²) < 4.78 is 10.8. The van der Waals surface area contributed by atoms with Crippen LogP contribution in [0.1, 0.15) is 21.9 Å². The van der Waals surface area contributed by atoms with E-state index in [1.165, 1.54) is 12.4 Å². The number of rotatable bonds is 4. The van der Waals surface area contributed by atoms with Crippen LogP contribution < -0.4 is 4.74 Å². The summed E-state index contributed by atoms with van der Waals surface area (Å²) in [6.07, 6.45) is 4.61. The normalized spacial score (nSPS) is 11.1. The predicted molar refractivity (Wildman–Crippen MR) is 80.7 cm³/mol. The minimum Gasteiger partial charge on any atom is -0.497 e. The van der Waals surface area contributed by atoms with Gasteiger partial charge in [-0.15, -0.1) is 0 Å². The van der Waals surface area contributed by atoms with Gasteiger partial charge in [0.15, 0.2) is 5.69 Å². The molecule has 0 saturated heterocycles. The maximum Gasteiger partial charge on any atom is 0.354 e. The van der Waals surface area contributed by atoms with Crippen molar-refractivity contribution in [2.45, 2.75) is 0 Å². The molecule has 0 aliphatic heterocycles. The van der Waals surface area contributed by atoms with Gasteiger partial charge < -0.3 is 14.3 Å². The molecule has 3 aromatic rings. The monoisotopic (exact) mass is 296 g/mol. The third kappa shape index (κ3) is 2.80. The van der Waals surface area contributed by atoms with Crippen molar-refractivity contribution in [2.75, 3.05) is 7.11 Å². The second kappa shape index (κ2) is 5.69. The summed E-state index contributed by atoms with van der Waals surface area (Å²) in [5.41, 5.74) is 1.18. The van der Waals surface area contributed by atoms with E-state index in [0.29, 0.717) is 11.5 Å². The molecule has 0 atom stereocenters. The number of aromatic carboxylic acids is 1. The lowest BCUT2D eigenvalue weighted by Gasteiger charge is -1.96. The van der Waals surface area contributed by atoms with Crippen LogP contribution in [0.25, 0.3) is 23.1 Å². The van der Waals surface area contributed by atoms with Gasteiger partial charge in [0.2, 0.25) is 0 Å². The molecule has 0 aliphatic carbocycles. The second-order valence-electron chi connectivity index (χ2n) is 4.52. The highest BCUT2D eigenvalue weighted by atomic mass is 16.5. The maximum atomic E-state index is 10.9. The fourth-order valence-electron chi connectivity index (χ4n) is 2.00. The average Bonchev–Trinajstić information content (AvgIpc) is 2.95. The minimum absolute atomic E-state index is 0.0519. The molecule has 0 amide bonds. The standard InChI is InChI=1S/C16H12N2O4/c1-21-12-4-5-15-10(6-12)7-13(22-15)3-2-11-8-14(16(19)20)18-9-17-11/h2-9H,1H3,(H,19,20). The Labute approximate surface area is 125 Å². The summed E-state index contributed by atoms with van der Waals surface area (Å²) in [5, 5.41) is 9.82. The number of nitrogens with zero attached hydrogens (tertiary/aromatic N) is 2. The van der Waals surface area contributed by atoms with E-state index >= 15 is 0 Å². The number of benzene rings is 1. The lowest BCUT2D eigenvalue weighted by atomic mass is 10.2. The first-order valence-electron chi connectivity index (χ1n) is 6.47. The fraction of sp³-hybridized carbons (Fsp3) is 0.0625. The molecule has 0 spiro atoms. The number of methoxy groups -OCH3 is 1. The molecule has 0 bridgehead atoms. The molecular weight excluding hydrogens is 284 g/mol. The minimum atomic E-state index is -1.09. The summed E-state index contributed by atoms with van der Waals surface area (Å²) in [7, 11) is 1.61. The molecule has 3 rings (SSSR count). The highest BCUT2D eigenvalue weighted by Crippen LogP contribution is 2.25. The molecule has 6 nitrogen and oxygen atoms in total. The van der Waals surface area contributed by atoms with Crippen molar-refractivity contribution in [2.24, 2.45) is 0 Å². The Morgan fingerprint density at radius 2 is 2.09 bits per heavy atom. The summed E-state index contributed by atoms with van der Waals surface area (Å²) >= 11 is 0. The van der Waals surface area contributed by atoms with Crippen LogP contribution >= 0.6 is 0 Å². The number of aromatic nitrogens is 2. The maximum absolute atomic E-state index is 10.9. The molecule has 2 aromatic heterocycles. The molecule has 1 N–H and O–H groups in total. The predicted octanol–water partition coefficient (Wildman–Crippen LogP) is 3.10. The van der Waals surface area contributed by atoms with Gasteiger partial charge in [-0.2, -0.15) is 0 Å². The van der Waals surface area contributed by atoms with E-state index in [0.717, 1.165) is 16.7 Å². The lowest BCUT2D eigenvalue weighted by molar-refractivity contribution is 0.0690. The zero-order chi connectivity index (χ0) is 15.5. The quantitative estimate of drug-likeness (QED) is 0.796. The molecule has 0 radical (unpaired) electrons. The summed E-state index contributed by atoms with van der Waals surface area (Å²) in [4.78, 5) is 18.5. The number of furan rings is 1. The molecular formula is C16H12N2O4. The average molecular weight is 296 g/mol. The van der Waals surface area contributed by atoms with Gasteiger partial charge in [-0.3, -0.25) is 0 Å². The third-order valence-corrected chi connectivity index (χ3v) is 3.07. The fourth-order valence-corrected chi connectivity index (χ4v) is 2.00. The van der Waals surface area contributed by atoms with Crippen LogP contribution in [0.2, 0.25) is 0 Å². The molecule has 0 unspecified atom stereocenters. The van der Waals surface area contributed by atoms with Gasteiger partial charge in [0, 0.05) is 5.39 Å². The lowest BCUT2D eigenvalue weighted by Crippen LogP contribution is -2.00. The molecule has 0 fully saturated rings. The molecule has 0 aliphatic rings. The van der Waals surface area contributed by atoms with Gasteiger partial charge in [0.1, 0.15) is 23.4 Å². The zero-order valence-electron chi connectivity index (χ0n) is 11.7. The molecule has 22 heavy (non-hydrogen) atoms. The first-order chi connectivity index (χ1) is 10.7. The van der Waals surface area contributed by atoms with Gasteiger partial charge in [0.05, 0.1) is 12.8 Å². The highest BCUT2D eigenvalue weighted by molar-refractivity contribution is 5.86. The van der Waals surface area contributed by atoms with E-state index in [9.17, 15) is 4.79 Å². The van der Waals surface area contributed by atoms with Crippen molar-refractivity contribution in [3.05, 3.63) is 53.8 Å². The van der Waals surface area contributed by atoms with E-state index in [1.807, 2.05) is 24.3 Å². The van der Waals surface area contributed by atoms with Gasteiger partial charge in [-0.1, -0.05) is 0 Å². The Hall–Kier alpha value is -3.15. The number of hydrogen-bond donors (Lipinski definition) is 1. The van der Waals surface area contributed by atoms with Gasteiger partial charge in [0.25, 0.3) is 0 Å². The molecule has 110 valence electrons. The van der Waals surface area contributed by atoms with Crippen LogP contribution in [0.15, 0.2) is 41.1 Å². The van der Waals surface area contributed by atoms with E-state index in [1.54, 1.807) is 19.3 Å². The number of ether oxygens (including phenoxy) is 1. The van der Waals surface area contributed by atoms with Crippen LogP contribution in [0.3, 0.4) is 0 Å². The van der Waals surface area contributed by atoms with Crippen molar-refractivity contribution in [1.29, 1.82) is 0 Å². The Morgan fingerprint density at radius 3 is 2.86 bits per heavy atom. The summed E-state index contributed by atoms with van der Waals surface area (Å²) in [6.45, 7) is 0.